The van der Waals surface area contributed by atoms with Gasteiger partial charge in [0.2, 0.25) is 0 Å². The Morgan fingerprint density at radius 3 is 2.38 bits per heavy atom. The van der Waals surface area contributed by atoms with Crippen molar-refractivity contribution in [3.8, 4) is 0 Å². The number of rotatable bonds is 2. The fourth-order valence-corrected chi connectivity index (χ4v) is 3.16. The van der Waals surface area contributed by atoms with Gasteiger partial charge in [0.25, 0.3) is 0 Å². The average Bonchev–Trinajstić information content (AvgIpc) is 2.40. The molecule has 1 aliphatic rings. The normalized spacial score (nSPS) is 28.4. The van der Waals surface area contributed by atoms with Crippen LogP contribution in [0.3, 0.4) is 0 Å². The summed E-state index contributed by atoms with van der Waals surface area (Å²) in [6.45, 7) is 4.17. The first-order valence-electron chi connectivity index (χ1n) is 7.25. The topological polar surface area (TPSA) is 20.2 Å². The molecule has 1 saturated carbocycles. The van der Waals surface area contributed by atoms with E-state index in [2.05, 4.69) is 13.8 Å². The zero-order valence-corrected chi connectivity index (χ0v) is 12.1. The third-order valence-electron chi connectivity index (χ3n) is 4.72. The van der Waals surface area contributed by atoms with Gasteiger partial charge in [0.15, 0.2) is 0 Å². The van der Waals surface area contributed by atoms with E-state index in [1.54, 1.807) is 0 Å². The van der Waals surface area contributed by atoms with E-state index in [9.17, 15) is 22.7 Å². The second-order valence-corrected chi connectivity index (χ2v) is 6.20. The van der Waals surface area contributed by atoms with Gasteiger partial charge in [-0.15, -0.1) is 0 Å². The maximum Gasteiger partial charge on any atom is 0.416 e. The molecule has 4 atom stereocenters. The van der Waals surface area contributed by atoms with Crippen molar-refractivity contribution in [1.29, 1.82) is 0 Å². The predicted octanol–water partition coefficient (Wildman–Crippen LogP) is 4.95. The molecule has 0 heterocycles. The molecule has 0 spiro atoms. The SMILES string of the molecule is CC1CCC(C(O)c2ccc(F)cc2C(F)(F)F)CC1C. The smallest absolute Gasteiger partial charge is 0.388 e. The molecular formula is C16H20F4O. The molecule has 0 bridgehead atoms. The van der Waals surface area contributed by atoms with Crippen LogP contribution in [0, 0.1) is 23.6 Å². The zero-order chi connectivity index (χ0) is 15.8. The van der Waals surface area contributed by atoms with E-state index < -0.39 is 23.7 Å². The van der Waals surface area contributed by atoms with Crippen molar-refractivity contribution in [3.05, 3.63) is 35.1 Å². The van der Waals surface area contributed by atoms with E-state index in [1.165, 1.54) is 0 Å². The molecule has 21 heavy (non-hydrogen) atoms. The molecule has 1 N–H and O–H groups in total. The van der Waals surface area contributed by atoms with Gasteiger partial charge in [-0.2, -0.15) is 13.2 Å². The first-order valence-corrected chi connectivity index (χ1v) is 7.25. The van der Waals surface area contributed by atoms with Gasteiger partial charge in [0.05, 0.1) is 11.7 Å². The first-order chi connectivity index (χ1) is 9.70. The Bertz CT molecular complexity index is 498. The summed E-state index contributed by atoms with van der Waals surface area (Å²) in [6.07, 6.45) is -3.58. The minimum absolute atomic E-state index is 0.206. The quantitative estimate of drug-likeness (QED) is 0.766. The van der Waals surface area contributed by atoms with Crippen LogP contribution in [0.25, 0.3) is 0 Å². The Balaban J connectivity index is 2.29. The van der Waals surface area contributed by atoms with Crippen LogP contribution in [0.2, 0.25) is 0 Å². The average molecular weight is 304 g/mol. The molecule has 0 radical (unpaired) electrons. The molecule has 0 saturated heterocycles. The molecule has 1 nitrogen and oxygen atoms in total. The van der Waals surface area contributed by atoms with Crippen LogP contribution in [-0.2, 0) is 6.18 Å². The van der Waals surface area contributed by atoms with E-state index in [-0.39, 0.29) is 11.5 Å². The van der Waals surface area contributed by atoms with Gasteiger partial charge in [-0.3, -0.25) is 0 Å². The molecule has 1 aliphatic carbocycles. The number of aliphatic hydroxyl groups excluding tert-OH is 1. The molecule has 0 aromatic heterocycles. The largest absolute Gasteiger partial charge is 0.416 e. The highest BCUT2D eigenvalue weighted by molar-refractivity contribution is 5.32. The van der Waals surface area contributed by atoms with Crippen molar-refractivity contribution >= 4 is 0 Å². The lowest BCUT2D eigenvalue weighted by molar-refractivity contribution is -0.139. The summed E-state index contributed by atoms with van der Waals surface area (Å²) in [4.78, 5) is 0. The third kappa shape index (κ3) is 3.57. The Hall–Kier alpha value is -1.10. The van der Waals surface area contributed by atoms with Crippen molar-refractivity contribution in [2.75, 3.05) is 0 Å². The number of benzene rings is 1. The lowest BCUT2D eigenvalue weighted by Crippen LogP contribution is -2.26. The third-order valence-corrected chi connectivity index (χ3v) is 4.72. The second-order valence-electron chi connectivity index (χ2n) is 6.20. The maximum absolute atomic E-state index is 13.1. The Kier molecular flexibility index (Phi) is 4.61. The van der Waals surface area contributed by atoms with Crippen LogP contribution >= 0.6 is 0 Å². The van der Waals surface area contributed by atoms with Crippen molar-refractivity contribution in [1.82, 2.24) is 0 Å². The molecule has 4 unspecified atom stereocenters. The highest BCUT2D eigenvalue weighted by atomic mass is 19.4. The Morgan fingerprint density at radius 2 is 1.81 bits per heavy atom. The van der Waals surface area contributed by atoms with Gasteiger partial charge in [-0.1, -0.05) is 26.3 Å². The van der Waals surface area contributed by atoms with Gasteiger partial charge >= 0.3 is 6.18 Å². The number of hydrogen-bond acceptors (Lipinski definition) is 1. The van der Waals surface area contributed by atoms with Crippen LogP contribution in [-0.4, -0.2) is 5.11 Å². The molecule has 1 fully saturated rings. The maximum atomic E-state index is 13.1. The van der Waals surface area contributed by atoms with E-state index in [1.807, 2.05) is 0 Å². The predicted molar refractivity (Wildman–Crippen MR) is 72.0 cm³/mol. The fourth-order valence-electron chi connectivity index (χ4n) is 3.16. The molecule has 1 aromatic rings. The summed E-state index contributed by atoms with van der Waals surface area (Å²) in [6, 6.07) is 2.50. The van der Waals surface area contributed by atoms with Gasteiger partial charge in [-0.05, 0) is 48.3 Å². The summed E-state index contributed by atoms with van der Waals surface area (Å²) in [7, 11) is 0. The summed E-state index contributed by atoms with van der Waals surface area (Å²) < 4.78 is 52.2. The molecule has 5 heteroatoms. The van der Waals surface area contributed by atoms with Crippen LogP contribution < -0.4 is 0 Å². The van der Waals surface area contributed by atoms with Gasteiger partial charge in [-0.25, -0.2) is 4.39 Å². The lowest BCUT2D eigenvalue weighted by atomic mass is 9.72. The van der Waals surface area contributed by atoms with E-state index in [0.29, 0.717) is 30.7 Å². The van der Waals surface area contributed by atoms with Crippen LogP contribution in [0.5, 0.6) is 0 Å². The molecule has 2 rings (SSSR count). The fraction of sp³-hybridized carbons (Fsp3) is 0.625. The Labute approximate surface area is 122 Å². The number of alkyl halides is 3. The monoisotopic (exact) mass is 304 g/mol. The van der Waals surface area contributed by atoms with E-state index >= 15 is 0 Å². The first kappa shape index (κ1) is 16.3. The van der Waals surface area contributed by atoms with Gasteiger partial charge in [0, 0.05) is 0 Å². The second kappa shape index (κ2) is 5.95. The van der Waals surface area contributed by atoms with Crippen molar-refractivity contribution < 1.29 is 22.7 Å². The van der Waals surface area contributed by atoms with Crippen LogP contribution in [0.4, 0.5) is 17.6 Å². The summed E-state index contributed by atoms with van der Waals surface area (Å²) in [5.74, 6) is -0.261. The van der Waals surface area contributed by atoms with Gasteiger partial charge < -0.3 is 5.11 Å². The number of aliphatic hydroxyl groups is 1. The Morgan fingerprint density at radius 1 is 1.14 bits per heavy atom. The van der Waals surface area contributed by atoms with Gasteiger partial charge in [0.1, 0.15) is 5.82 Å². The van der Waals surface area contributed by atoms with E-state index in [0.717, 1.165) is 18.6 Å². The standard InChI is InChI=1S/C16H20F4O/c1-9-3-4-11(7-10(9)2)15(21)13-6-5-12(17)8-14(13)16(18,19)20/h5-6,8-11,15,21H,3-4,7H2,1-2H3. The molecule has 1 aromatic carbocycles. The van der Waals surface area contributed by atoms with Crippen LogP contribution in [0.15, 0.2) is 18.2 Å². The molecule has 0 aliphatic heterocycles. The minimum atomic E-state index is -4.66. The van der Waals surface area contributed by atoms with Crippen molar-refractivity contribution in [2.24, 2.45) is 17.8 Å². The summed E-state index contributed by atoms with van der Waals surface area (Å²) in [5.41, 5.74) is -1.28. The number of hydrogen-bond donors (Lipinski definition) is 1. The highest BCUT2D eigenvalue weighted by Crippen LogP contribution is 2.43. The summed E-state index contributed by atoms with van der Waals surface area (Å²) in [5, 5.41) is 10.4. The zero-order valence-electron chi connectivity index (χ0n) is 12.1. The highest BCUT2D eigenvalue weighted by Gasteiger charge is 2.38. The van der Waals surface area contributed by atoms with Crippen LogP contribution in [0.1, 0.15) is 50.3 Å². The molecular weight excluding hydrogens is 284 g/mol. The molecule has 0 amide bonds. The van der Waals surface area contributed by atoms with Crippen molar-refractivity contribution in [2.45, 2.75) is 45.4 Å². The lowest BCUT2D eigenvalue weighted by Gasteiger charge is -2.35. The number of halogens is 4. The molecule has 118 valence electrons. The summed E-state index contributed by atoms with van der Waals surface area (Å²) >= 11 is 0. The van der Waals surface area contributed by atoms with E-state index in [4.69, 9.17) is 0 Å². The van der Waals surface area contributed by atoms with Crippen molar-refractivity contribution in [3.63, 3.8) is 0 Å². The minimum Gasteiger partial charge on any atom is -0.388 e.